The predicted molar refractivity (Wildman–Crippen MR) is 145 cm³/mol. The molecular weight excluding hydrogens is 412 g/mol. The highest BCUT2D eigenvalue weighted by molar-refractivity contribution is 7.20. The topological polar surface area (TPSA) is 0 Å². The third-order valence-electron chi connectivity index (χ3n) is 7.65. The van der Waals surface area contributed by atoms with Crippen LogP contribution in [0.2, 0.25) is 0 Å². The highest BCUT2D eigenvalue weighted by Crippen LogP contribution is 2.30. The summed E-state index contributed by atoms with van der Waals surface area (Å²) in [6, 6.07) is 36.8. The van der Waals surface area contributed by atoms with Crippen LogP contribution in [0.3, 0.4) is 0 Å². The lowest BCUT2D eigenvalue weighted by Crippen LogP contribution is -2.76. The van der Waals surface area contributed by atoms with Gasteiger partial charge in [-0.2, -0.15) is 0 Å². The minimum absolute atomic E-state index is 1.03. The van der Waals surface area contributed by atoms with Crippen LogP contribution in [0.15, 0.2) is 109 Å². The summed E-state index contributed by atoms with van der Waals surface area (Å²) in [5.74, 6) is 0. The average molecular weight is 441 g/mol. The fraction of sp³-hybridized carbons (Fsp3) is 0.125. The van der Waals surface area contributed by atoms with E-state index in [0.717, 1.165) is 12.8 Å². The fourth-order valence-corrected chi connectivity index (χ4v) is 11.4. The second kappa shape index (κ2) is 7.86. The number of allylic oxidation sites excluding steroid dienone is 4. The minimum Gasteiger partial charge on any atom is -0.0766 e. The monoisotopic (exact) mass is 440 g/mol. The molecule has 160 valence electrons. The van der Waals surface area contributed by atoms with Crippen molar-refractivity contribution in [3.05, 3.63) is 131 Å². The van der Waals surface area contributed by atoms with Crippen LogP contribution in [0.1, 0.15) is 36.1 Å². The first-order valence-electron chi connectivity index (χ1n) is 11.9. The second-order valence-electron chi connectivity index (χ2n) is 9.33. The summed E-state index contributed by atoms with van der Waals surface area (Å²) >= 11 is 0. The van der Waals surface area contributed by atoms with Gasteiger partial charge in [0.2, 0.25) is 0 Å². The lowest BCUT2D eigenvalue weighted by molar-refractivity contribution is 1.32. The number of rotatable bonds is 4. The molecule has 4 aromatic carbocycles. The van der Waals surface area contributed by atoms with Crippen LogP contribution in [0.5, 0.6) is 0 Å². The summed E-state index contributed by atoms with van der Waals surface area (Å²) < 4.78 is 0. The molecule has 0 N–H and O–H groups in total. The molecule has 4 aromatic rings. The van der Waals surface area contributed by atoms with E-state index in [-0.39, 0.29) is 0 Å². The highest BCUT2D eigenvalue weighted by atomic mass is 28.3. The van der Waals surface area contributed by atoms with Crippen LogP contribution >= 0.6 is 0 Å². The molecule has 0 spiro atoms. The van der Waals surface area contributed by atoms with Gasteiger partial charge in [-0.25, -0.2) is 0 Å². The second-order valence-corrected chi connectivity index (χ2v) is 13.1. The first-order valence-corrected chi connectivity index (χ1v) is 13.9. The zero-order valence-corrected chi connectivity index (χ0v) is 20.3. The third-order valence-corrected chi connectivity index (χ3v) is 12.6. The van der Waals surface area contributed by atoms with Gasteiger partial charge >= 0.3 is 0 Å². The predicted octanol–water partition coefficient (Wildman–Crippen LogP) is 4.98. The molecule has 0 saturated carbocycles. The Hall–Kier alpha value is -3.42. The smallest absolute Gasteiger partial charge is 0.0766 e. The quantitative estimate of drug-likeness (QED) is 0.310. The molecule has 0 unspecified atom stereocenters. The van der Waals surface area contributed by atoms with Gasteiger partial charge in [0.25, 0.3) is 0 Å². The molecule has 0 aromatic heterocycles. The summed E-state index contributed by atoms with van der Waals surface area (Å²) in [6.07, 6.45) is 6.87. The normalized spacial score (nSPS) is 14.5. The zero-order valence-electron chi connectivity index (χ0n) is 19.3. The molecule has 0 fully saturated rings. The van der Waals surface area contributed by atoms with E-state index in [1.54, 1.807) is 10.4 Å². The van der Waals surface area contributed by atoms with E-state index in [4.69, 9.17) is 0 Å². The molecule has 2 aliphatic rings. The van der Waals surface area contributed by atoms with Crippen molar-refractivity contribution in [1.29, 1.82) is 0 Å². The Morgan fingerprint density at radius 2 is 0.909 bits per heavy atom. The maximum absolute atomic E-state index is 2.54. The Balaban J connectivity index is 1.79. The Morgan fingerprint density at radius 3 is 1.33 bits per heavy atom. The lowest BCUT2D eigenvalue weighted by Gasteiger charge is -2.37. The van der Waals surface area contributed by atoms with Crippen molar-refractivity contribution in [3.63, 3.8) is 0 Å². The van der Waals surface area contributed by atoms with Crippen molar-refractivity contribution in [2.75, 3.05) is 0 Å². The first kappa shape index (κ1) is 20.2. The van der Waals surface area contributed by atoms with Gasteiger partial charge in [-0.3, -0.25) is 0 Å². The van der Waals surface area contributed by atoms with E-state index in [1.807, 2.05) is 0 Å². The van der Waals surface area contributed by atoms with Crippen molar-refractivity contribution in [1.82, 2.24) is 0 Å². The fourth-order valence-electron chi connectivity index (χ4n) is 6.10. The molecule has 0 nitrogen and oxygen atoms in total. The Labute approximate surface area is 198 Å². The SMILES string of the molecule is CC1=CCc2c1cccc2[Si](c1ccccc1)(c1ccccc1)c1cccc2c1CC=C2C. The number of fused-ring (bicyclic) bond motifs is 2. The molecule has 0 atom stereocenters. The van der Waals surface area contributed by atoms with Gasteiger partial charge in [0.1, 0.15) is 0 Å². The summed E-state index contributed by atoms with van der Waals surface area (Å²) in [7, 11) is -2.54. The van der Waals surface area contributed by atoms with Crippen molar-refractivity contribution in [2.45, 2.75) is 26.7 Å². The summed E-state index contributed by atoms with van der Waals surface area (Å²) in [5, 5.41) is 6.02. The van der Waals surface area contributed by atoms with Crippen LogP contribution in [-0.2, 0) is 12.8 Å². The molecule has 0 heterocycles. The standard InChI is InChI=1S/C32H28Si/c1-23-19-21-29-27(23)15-9-17-31(29)33(25-11-5-3-6-12-25,26-13-7-4-8-14-26)32-18-10-16-28-24(2)20-22-30(28)32/h3-20H,21-22H2,1-2H3. The summed E-state index contributed by atoms with van der Waals surface area (Å²) in [4.78, 5) is 0. The lowest BCUT2D eigenvalue weighted by atomic mass is 10.1. The molecule has 0 bridgehead atoms. The van der Waals surface area contributed by atoms with E-state index >= 15 is 0 Å². The van der Waals surface area contributed by atoms with E-state index in [2.05, 4.69) is 123 Å². The molecule has 0 radical (unpaired) electrons. The van der Waals surface area contributed by atoms with Gasteiger partial charge in [0, 0.05) is 0 Å². The van der Waals surface area contributed by atoms with Crippen LogP contribution in [0.4, 0.5) is 0 Å². The van der Waals surface area contributed by atoms with Gasteiger partial charge in [-0.1, -0.05) is 109 Å². The van der Waals surface area contributed by atoms with Crippen molar-refractivity contribution in [2.24, 2.45) is 0 Å². The summed E-state index contributed by atoms with van der Waals surface area (Å²) in [6.45, 7) is 4.52. The number of hydrogen-bond donors (Lipinski definition) is 0. The first-order chi connectivity index (χ1) is 16.2. The van der Waals surface area contributed by atoms with Crippen molar-refractivity contribution < 1.29 is 0 Å². The zero-order chi connectivity index (χ0) is 22.4. The molecule has 1 heteroatoms. The van der Waals surface area contributed by atoms with Gasteiger partial charge < -0.3 is 0 Å². The van der Waals surface area contributed by atoms with E-state index in [0.29, 0.717) is 0 Å². The van der Waals surface area contributed by atoms with Crippen LogP contribution < -0.4 is 20.7 Å². The largest absolute Gasteiger partial charge is 0.180 e. The Bertz CT molecular complexity index is 1300. The highest BCUT2D eigenvalue weighted by Gasteiger charge is 2.45. The number of benzene rings is 4. The van der Waals surface area contributed by atoms with Crippen LogP contribution in [-0.4, -0.2) is 8.07 Å². The molecular formula is C32H28Si. The van der Waals surface area contributed by atoms with Crippen LogP contribution in [0, 0.1) is 0 Å². The Kier molecular flexibility index (Phi) is 4.81. The third kappa shape index (κ3) is 2.96. The van der Waals surface area contributed by atoms with Gasteiger partial charge in [0.15, 0.2) is 8.07 Å². The average Bonchev–Trinajstić information content (AvgIpc) is 3.45. The summed E-state index contributed by atoms with van der Waals surface area (Å²) in [5.41, 5.74) is 8.72. The van der Waals surface area contributed by atoms with Crippen molar-refractivity contribution in [3.8, 4) is 0 Å². The molecule has 2 aliphatic carbocycles. The van der Waals surface area contributed by atoms with Gasteiger partial charge in [0.05, 0.1) is 0 Å². The molecule has 0 amide bonds. The molecule has 6 rings (SSSR count). The van der Waals surface area contributed by atoms with Crippen LogP contribution in [0.25, 0.3) is 11.1 Å². The molecule has 0 aliphatic heterocycles. The van der Waals surface area contributed by atoms with Crippen molar-refractivity contribution >= 4 is 40.0 Å². The van der Waals surface area contributed by atoms with Gasteiger partial charge in [-0.05, 0) is 80.8 Å². The minimum atomic E-state index is -2.54. The van der Waals surface area contributed by atoms with E-state index < -0.39 is 8.07 Å². The van der Waals surface area contributed by atoms with E-state index in [1.165, 1.54) is 43.8 Å². The van der Waals surface area contributed by atoms with Gasteiger partial charge in [-0.15, -0.1) is 0 Å². The Morgan fingerprint density at radius 1 is 0.485 bits per heavy atom. The maximum atomic E-state index is 2.44. The maximum Gasteiger partial charge on any atom is 0.180 e. The molecule has 0 saturated heterocycles. The molecule has 33 heavy (non-hydrogen) atoms. The van der Waals surface area contributed by atoms with E-state index in [9.17, 15) is 0 Å². The number of hydrogen-bond acceptors (Lipinski definition) is 0.